The molecule has 2 rings (SSSR count). The van der Waals surface area contributed by atoms with Crippen molar-refractivity contribution in [3.63, 3.8) is 0 Å². The molecule has 8 heteroatoms. The SMILES string of the molecule is CC1(C)COCCN1CCNC(=O)c1ccoc1C(F)(F)F. The van der Waals surface area contributed by atoms with Gasteiger partial charge in [0.1, 0.15) is 0 Å². The number of carbonyl (C=O) groups excluding carboxylic acids is 1. The van der Waals surface area contributed by atoms with Gasteiger partial charge in [-0.1, -0.05) is 0 Å². The van der Waals surface area contributed by atoms with Gasteiger partial charge in [0.25, 0.3) is 5.91 Å². The van der Waals surface area contributed by atoms with Gasteiger partial charge in [0.15, 0.2) is 0 Å². The molecule has 5 nitrogen and oxygen atoms in total. The molecule has 0 atom stereocenters. The summed E-state index contributed by atoms with van der Waals surface area (Å²) in [5.74, 6) is -2.05. The van der Waals surface area contributed by atoms with Crippen LogP contribution in [0, 0.1) is 0 Å². The molecule has 0 spiro atoms. The average Bonchev–Trinajstić information content (AvgIpc) is 2.89. The van der Waals surface area contributed by atoms with E-state index in [0.717, 1.165) is 18.9 Å². The molecule has 1 aromatic heterocycles. The van der Waals surface area contributed by atoms with E-state index >= 15 is 0 Å². The van der Waals surface area contributed by atoms with Crippen LogP contribution < -0.4 is 5.32 Å². The molecular formula is C14H19F3N2O3. The molecule has 1 fully saturated rings. The average molecular weight is 320 g/mol. The van der Waals surface area contributed by atoms with Gasteiger partial charge < -0.3 is 14.5 Å². The predicted molar refractivity (Wildman–Crippen MR) is 72.5 cm³/mol. The normalized spacial score (nSPS) is 19.1. The Morgan fingerprint density at radius 1 is 1.45 bits per heavy atom. The van der Waals surface area contributed by atoms with Crippen LogP contribution in [0.15, 0.2) is 16.7 Å². The molecule has 0 radical (unpaired) electrons. The van der Waals surface area contributed by atoms with Crippen molar-refractivity contribution in [1.82, 2.24) is 10.2 Å². The molecule has 2 heterocycles. The number of hydrogen-bond acceptors (Lipinski definition) is 4. The third-order valence-corrected chi connectivity index (χ3v) is 3.65. The van der Waals surface area contributed by atoms with E-state index in [1.165, 1.54) is 0 Å². The predicted octanol–water partition coefficient (Wildman–Crippen LogP) is 2.14. The molecule has 1 N–H and O–H groups in total. The third-order valence-electron chi connectivity index (χ3n) is 3.65. The molecule has 0 saturated carbocycles. The number of furan rings is 1. The van der Waals surface area contributed by atoms with Crippen LogP contribution in [0.1, 0.15) is 30.0 Å². The van der Waals surface area contributed by atoms with Crippen LogP contribution in [0.2, 0.25) is 0 Å². The fraction of sp³-hybridized carbons (Fsp3) is 0.643. The Hall–Kier alpha value is -1.54. The number of nitrogens with one attached hydrogen (secondary N) is 1. The molecule has 1 aromatic rings. The maximum absolute atomic E-state index is 12.7. The number of carbonyl (C=O) groups is 1. The van der Waals surface area contributed by atoms with E-state index in [2.05, 4.69) is 14.6 Å². The van der Waals surface area contributed by atoms with Crippen LogP contribution in [0.4, 0.5) is 13.2 Å². The Balaban J connectivity index is 1.90. The van der Waals surface area contributed by atoms with Crippen LogP contribution in [-0.4, -0.2) is 49.2 Å². The number of alkyl halides is 3. The van der Waals surface area contributed by atoms with E-state index in [1.54, 1.807) is 0 Å². The van der Waals surface area contributed by atoms with Crippen molar-refractivity contribution in [2.75, 3.05) is 32.8 Å². The van der Waals surface area contributed by atoms with Crippen LogP contribution in [-0.2, 0) is 10.9 Å². The Labute approximate surface area is 126 Å². The van der Waals surface area contributed by atoms with Gasteiger partial charge in [-0.2, -0.15) is 13.2 Å². The third kappa shape index (κ3) is 3.80. The van der Waals surface area contributed by atoms with Crippen molar-refractivity contribution in [3.8, 4) is 0 Å². The lowest BCUT2D eigenvalue weighted by molar-refractivity contribution is -0.153. The number of rotatable bonds is 4. The molecule has 0 bridgehead atoms. The first-order chi connectivity index (χ1) is 10.2. The number of ether oxygens (including phenoxy) is 1. The second kappa shape index (κ2) is 6.29. The van der Waals surface area contributed by atoms with E-state index in [-0.39, 0.29) is 12.1 Å². The number of morpholine rings is 1. The Kier molecular flexibility index (Phi) is 4.81. The summed E-state index contributed by atoms with van der Waals surface area (Å²) in [5, 5.41) is 2.50. The van der Waals surface area contributed by atoms with Gasteiger partial charge in [0.05, 0.1) is 25.0 Å². The van der Waals surface area contributed by atoms with Gasteiger partial charge in [0, 0.05) is 25.2 Å². The highest BCUT2D eigenvalue weighted by Gasteiger charge is 2.39. The highest BCUT2D eigenvalue weighted by molar-refractivity contribution is 5.95. The van der Waals surface area contributed by atoms with Crippen molar-refractivity contribution < 1.29 is 27.1 Å². The molecule has 22 heavy (non-hydrogen) atoms. The van der Waals surface area contributed by atoms with Gasteiger partial charge in [0.2, 0.25) is 5.76 Å². The molecule has 0 unspecified atom stereocenters. The Morgan fingerprint density at radius 3 is 2.82 bits per heavy atom. The summed E-state index contributed by atoms with van der Waals surface area (Å²) in [6, 6.07) is 1.02. The monoisotopic (exact) mass is 320 g/mol. The van der Waals surface area contributed by atoms with Crippen LogP contribution in [0.3, 0.4) is 0 Å². The minimum absolute atomic E-state index is 0.157. The molecule has 124 valence electrons. The van der Waals surface area contributed by atoms with Crippen molar-refractivity contribution in [3.05, 3.63) is 23.7 Å². The van der Waals surface area contributed by atoms with Gasteiger partial charge >= 0.3 is 6.18 Å². The van der Waals surface area contributed by atoms with Gasteiger partial charge in [-0.15, -0.1) is 0 Å². The van der Waals surface area contributed by atoms with E-state index in [0.29, 0.717) is 19.8 Å². The van der Waals surface area contributed by atoms with Crippen molar-refractivity contribution in [2.24, 2.45) is 0 Å². The fourth-order valence-electron chi connectivity index (χ4n) is 2.41. The van der Waals surface area contributed by atoms with Gasteiger partial charge in [-0.3, -0.25) is 9.69 Å². The molecule has 0 aliphatic carbocycles. The standard InChI is InChI=1S/C14H19F3N2O3/c1-13(2)9-21-8-6-19(13)5-4-18-12(20)10-3-7-22-11(10)14(15,16)17/h3,7H,4-6,8-9H2,1-2H3,(H,18,20). The van der Waals surface area contributed by atoms with E-state index < -0.39 is 23.4 Å². The maximum Gasteiger partial charge on any atom is 0.450 e. The summed E-state index contributed by atoms with van der Waals surface area (Å²) in [5.41, 5.74) is -0.649. The minimum atomic E-state index is -4.68. The summed E-state index contributed by atoms with van der Waals surface area (Å²) >= 11 is 0. The van der Waals surface area contributed by atoms with Crippen LogP contribution in [0.5, 0.6) is 0 Å². The quantitative estimate of drug-likeness (QED) is 0.923. The first-order valence-corrected chi connectivity index (χ1v) is 6.97. The number of halogens is 3. The minimum Gasteiger partial charge on any atom is -0.459 e. The highest BCUT2D eigenvalue weighted by atomic mass is 19.4. The van der Waals surface area contributed by atoms with Gasteiger partial charge in [-0.25, -0.2) is 0 Å². The van der Waals surface area contributed by atoms with E-state index in [4.69, 9.17) is 4.74 Å². The zero-order valence-electron chi connectivity index (χ0n) is 12.5. The lowest BCUT2D eigenvalue weighted by Gasteiger charge is -2.42. The number of amides is 1. The lowest BCUT2D eigenvalue weighted by atomic mass is 10.0. The Bertz CT molecular complexity index is 526. The maximum atomic E-state index is 12.7. The van der Waals surface area contributed by atoms with Crippen molar-refractivity contribution in [2.45, 2.75) is 25.6 Å². The summed E-state index contributed by atoms with van der Waals surface area (Å²) < 4.78 is 47.7. The first-order valence-electron chi connectivity index (χ1n) is 6.97. The molecule has 1 aliphatic heterocycles. The van der Waals surface area contributed by atoms with E-state index in [9.17, 15) is 18.0 Å². The van der Waals surface area contributed by atoms with E-state index in [1.807, 2.05) is 13.8 Å². The highest BCUT2D eigenvalue weighted by Crippen LogP contribution is 2.32. The van der Waals surface area contributed by atoms with Crippen molar-refractivity contribution >= 4 is 5.91 Å². The molecule has 0 aromatic carbocycles. The summed E-state index contributed by atoms with van der Waals surface area (Å²) in [6.07, 6.45) is -3.81. The number of nitrogens with zero attached hydrogens (tertiary/aromatic N) is 1. The largest absolute Gasteiger partial charge is 0.459 e. The summed E-state index contributed by atoms with van der Waals surface area (Å²) in [4.78, 5) is 14.0. The summed E-state index contributed by atoms with van der Waals surface area (Å²) in [6.45, 7) is 6.75. The van der Waals surface area contributed by atoms with Gasteiger partial charge in [-0.05, 0) is 19.9 Å². The zero-order valence-corrected chi connectivity index (χ0v) is 12.5. The molecule has 1 saturated heterocycles. The number of hydrogen-bond donors (Lipinski definition) is 1. The zero-order chi connectivity index (χ0) is 16.4. The second-order valence-electron chi connectivity index (χ2n) is 5.77. The smallest absolute Gasteiger partial charge is 0.450 e. The molecule has 1 amide bonds. The first kappa shape index (κ1) is 16.8. The summed E-state index contributed by atoms with van der Waals surface area (Å²) in [7, 11) is 0. The van der Waals surface area contributed by atoms with Crippen LogP contribution >= 0.6 is 0 Å². The molecular weight excluding hydrogens is 301 g/mol. The fourth-order valence-corrected chi connectivity index (χ4v) is 2.41. The van der Waals surface area contributed by atoms with Crippen LogP contribution in [0.25, 0.3) is 0 Å². The lowest BCUT2D eigenvalue weighted by Crippen LogP contribution is -2.54. The van der Waals surface area contributed by atoms with Crippen molar-refractivity contribution in [1.29, 1.82) is 0 Å². The Morgan fingerprint density at radius 2 is 2.18 bits per heavy atom. The molecule has 1 aliphatic rings. The topological polar surface area (TPSA) is 54.7 Å². The second-order valence-corrected chi connectivity index (χ2v) is 5.77.